The molecule has 0 radical (unpaired) electrons. The van der Waals surface area contributed by atoms with Gasteiger partial charge in [0.25, 0.3) is 0 Å². The van der Waals surface area contributed by atoms with Crippen molar-refractivity contribution in [2.24, 2.45) is 0 Å². The summed E-state index contributed by atoms with van der Waals surface area (Å²) in [6.45, 7) is 3.90. The van der Waals surface area contributed by atoms with Crippen LogP contribution in [0.2, 0.25) is 0 Å². The molecule has 2 aromatic rings. The molecule has 0 bridgehead atoms. The lowest BCUT2D eigenvalue weighted by Crippen LogP contribution is -2.39. The van der Waals surface area contributed by atoms with E-state index in [1.165, 1.54) is 18.4 Å². The van der Waals surface area contributed by atoms with Crippen molar-refractivity contribution < 1.29 is 5.11 Å². The van der Waals surface area contributed by atoms with Gasteiger partial charge in [-0.15, -0.1) is 5.10 Å². The third-order valence-electron chi connectivity index (χ3n) is 4.50. The van der Waals surface area contributed by atoms with Gasteiger partial charge in [0, 0.05) is 30.9 Å². The maximum absolute atomic E-state index is 9.17. The van der Waals surface area contributed by atoms with Gasteiger partial charge in [-0.3, -0.25) is 4.68 Å². The second-order valence-electron chi connectivity index (χ2n) is 6.30. The van der Waals surface area contributed by atoms with Crippen LogP contribution in [0, 0.1) is 0 Å². The average molecular weight is 318 g/mol. The molecule has 2 heterocycles. The number of nitrogens with one attached hydrogen (secondary N) is 1. The first kappa shape index (κ1) is 16.1. The van der Waals surface area contributed by atoms with Crippen LogP contribution in [0.3, 0.4) is 0 Å². The molecule has 0 unspecified atom stereocenters. The molecule has 126 valence electrons. The monoisotopic (exact) mass is 318 g/mol. The van der Waals surface area contributed by atoms with Crippen molar-refractivity contribution in [2.75, 3.05) is 0 Å². The van der Waals surface area contributed by atoms with E-state index in [1.807, 2.05) is 21.8 Å². The zero-order valence-electron chi connectivity index (χ0n) is 13.7. The Balaban J connectivity index is 1.61. The van der Waals surface area contributed by atoms with Gasteiger partial charge in [-0.25, -0.2) is 4.68 Å². The Morgan fingerprint density at radius 3 is 2.96 bits per heavy atom. The molecule has 1 aliphatic rings. The number of aliphatic hydroxyl groups is 1. The maximum atomic E-state index is 9.17. The highest BCUT2D eigenvalue weighted by molar-refractivity contribution is 5.04. The minimum Gasteiger partial charge on any atom is -0.390 e. The van der Waals surface area contributed by atoms with E-state index in [0.29, 0.717) is 17.8 Å². The molecule has 1 saturated carbocycles. The standard InChI is InChI=1S/C16H26N6O/c1-2-7-21-10-13(9-18-21)8-17-15-5-3-4-6-16(15)22-11-14(12-23)19-20-22/h9-11,15-17,23H,2-8,12H2,1H3/t15-,16+/m0/s1. The van der Waals surface area contributed by atoms with Crippen LogP contribution in [-0.4, -0.2) is 35.9 Å². The molecule has 0 aliphatic heterocycles. The molecule has 0 spiro atoms. The van der Waals surface area contributed by atoms with Crippen molar-refractivity contribution in [1.82, 2.24) is 30.1 Å². The van der Waals surface area contributed by atoms with Crippen molar-refractivity contribution >= 4 is 0 Å². The number of aryl methyl sites for hydroxylation is 1. The van der Waals surface area contributed by atoms with Crippen LogP contribution in [0.15, 0.2) is 18.6 Å². The van der Waals surface area contributed by atoms with Gasteiger partial charge in [0.15, 0.2) is 0 Å². The lowest BCUT2D eigenvalue weighted by Gasteiger charge is -2.32. The molecule has 3 rings (SSSR count). The third-order valence-corrected chi connectivity index (χ3v) is 4.50. The zero-order valence-corrected chi connectivity index (χ0v) is 13.7. The molecule has 0 amide bonds. The number of aliphatic hydroxyl groups excluding tert-OH is 1. The first-order chi connectivity index (χ1) is 11.3. The molecule has 2 aromatic heterocycles. The topological polar surface area (TPSA) is 80.8 Å². The minimum atomic E-state index is -0.0541. The fraction of sp³-hybridized carbons (Fsp3) is 0.688. The van der Waals surface area contributed by atoms with E-state index < -0.39 is 0 Å². The van der Waals surface area contributed by atoms with E-state index in [-0.39, 0.29) is 6.61 Å². The van der Waals surface area contributed by atoms with E-state index in [2.05, 4.69) is 33.8 Å². The molecule has 23 heavy (non-hydrogen) atoms. The summed E-state index contributed by atoms with van der Waals surface area (Å²) in [7, 11) is 0. The summed E-state index contributed by atoms with van der Waals surface area (Å²) < 4.78 is 3.92. The van der Waals surface area contributed by atoms with Crippen LogP contribution in [0.4, 0.5) is 0 Å². The highest BCUT2D eigenvalue weighted by Crippen LogP contribution is 2.28. The fourth-order valence-corrected chi connectivity index (χ4v) is 3.31. The number of hydrogen-bond acceptors (Lipinski definition) is 5. The van der Waals surface area contributed by atoms with Crippen LogP contribution < -0.4 is 5.32 Å². The lowest BCUT2D eigenvalue weighted by atomic mass is 9.90. The summed E-state index contributed by atoms with van der Waals surface area (Å²) in [4.78, 5) is 0. The molecule has 7 nitrogen and oxygen atoms in total. The summed E-state index contributed by atoms with van der Waals surface area (Å²) in [6, 6.07) is 0.689. The van der Waals surface area contributed by atoms with Gasteiger partial charge in [-0.1, -0.05) is 25.0 Å². The SMILES string of the molecule is CCCn1cc(CN[C@H]2CCCC[C@H]2n2cc(CO)nn2)cn1. The van der Waals surface area contributed by atoms with Gasteiger partial charge >= 0.3 is 0 Å². The Hall–Kier alpha value is -1.73. The van der Waals surface area contributed by atoms with Gasteiger partial charge in [0.05, 0.1) is 25.0 Å². The van der Waals surface area contributed by atoms with Gasteiger partial charge in [-0.05, 0) is 19.3 Å². The molecular formula is C16H26N6O. The molecule has 2 N–H and O–H groups in total. The minimum absolute atomic E-state index is 0.0541. The zero-order chi connectivity index (χ0) is 16.1. The van der Waals surface area contributed by atoms with Crippen molar-refractivity contribution in [3.8, 4) is 0 Å². The largest absolute Gasteiger partial charge is 0.390 e. The molecule has 1 fully saturated rings. The summed E-state index contributed by atoms with van der Waals surface area (Å²) in [5.41, 5.74) is 1.85. The molecule has 0 aromatic carbocycles. The predicted molar refractivity (Wildman–Crippen MR) is 86.6 cm³/mol. The molecular weight excluding hydrogens is 292 g/mol. The Bertz CT molecular complexity index is 607. The first-order valence-electron chi connectivity index (χ1n) is 8.56. The Morgan fingerprint density at radius 2 is 2.17 bits per heavy atom. The van der Waals surface area contributed by atoms with Crippen LogP contribution in [0.5, 0.6) is 0 Å². The summed E-state index contributed by atoms with van der Waals surface area (Å²) in [5, 5.41) is 25.4. The smallest absolute Gasteiger partial charge is 0.108 e. The number of aromatic nitrogens is 5. The van der Waals surface area contributed by atoms with E-state index in [9.17, 15) is 5.11 Å². The third kappa shape index (κ3) is 3.97. The predicted octanol–water partition coefficient (Wildman–Crippen LogP) is 1.65. The van der Waals surface area contributed by atoms with Crippen LogP contribution in [0.1, 0.15) is 56.3 Å². The highest BCUT2D eigenvalue weighted by atomic mass is 16.3. The lowest BCUT2D eigenvalue weighted by molar-refractivity contribution is 0.242. The van der Waals surface area contributed by atoms with E-state index in [4.69, 9.17) is 0 Å². The van der Waals surface area contributed by atoms with Crippen molar-refractivity contribution in [2.45, 2.75) is 70.8 Å². The Labute approximate surface area is 136 Å². The number of rotatable bonds is 7. The Morgan fingerprint density at radius 1 is 1.30 bits per heavy atom. The summed E-state index contributed by atoms with van der Waals surface area (Å²) in [5.74, 6) is 0. The van der Waals surface area contributed by atoms with Crippen molar-refractivity contribution in [3.05, 3.63) is 29.8 Å². The van der Waals surface area contributed by atoms with E-state index >= 15 is 0 Å². The second-order valence-corrected chi connectivity index (χ2v) is 6.30. The van der Waals surface area contributed by atoms with Crippen molar-refractivity contribution in [1.29, 1.82) is 0 Å². The highest BCUT2D eigenvalue weighted by Gasteiger charge is 2.27. The molecule has 1 aliphatic carbocycles. The first-order valence-corrected chi connectivity index (χ1v) is 8.56. The normalized spacial score (nSPS) is 21.7. The van der Waals surface area contributed by atoms with Crippen LogP contribution in [-0.2, 0) is 19.7 Å². The quantitative estimate of drug-likeness (QED) is 0.811. The van der Waals surface area contributed by atoms with Gasteiger partial charge in [0.1, 0.15) is 5.69 Å². The Kier molecular flexibility index (Phi) is 5.40. The van der Waals surface area contributed by atoms with E-state index in [0.717, 1.165) is 32.4 Å². The van der Waals surface area contributed by atoms with Gasteiger partial charge in [0.2, 0.25) is 0 Å². The summed E-state index contributed by atoms with van der Waals surface area (Å²) >= 11 is 0. The van der Waals surface area contributed by atoms with Gasteiger partial charge < -0.3 is 10.4 Å². The van der Waals surface area contributed by atoms with Crippen LogP contribution in [0.25, 0.3) is 0 Å². The van der Waals surface area contributed by atoms with Crippen molar-refractivity contribution in [3.63, 3.8) is 0 Å². The molecule has 7 heteroatoms. The van der Waals surface area contributed by atoms with Crippen LogP contribution >= 0.6 is 0 Å². The average Bonchev–Trinajstić information content (AvgIpc) is 3.23. The maximum Gasteiger partial charge on any atom is 0.108 e. The van der Waals surface area contributed by atoms with E-state index in [1.54, 1.807) is 0 Å². The summed E-state index contributed by atoms with van der Waals surface area (Å²) in [6.07, 6.45) is 11.7. The molecule has 0 saturated heterocycles. The molecule has 2 atom stereocenters. The fourth-order valence-electron chi connectivity index (χ4n) is 3.31. The second kappa shape index (κ2) is 7.70. The number of hydrogen-bond donors (Lipinski definition) is 2. The number of nitrogens with zero attached hydrogens (tertiary/aromatic N) is 5. The van der Waals surface area contributed by atoms with Gasteiger partial charge in [-0.2, -0.15) is 5.10 Å².